The molecule has 1 saturated carbocycles. The standard InChI is InChI=1S/C13H22N2S/c1-9-4-3-5-11(6-9)12(7-14)13-15-10(2)8-16-13/h8-9,11-12H,3-7,14H2,1-2H3. The summed E-state index contributed by atoms with van der Waals surface area (Å²) >= 11 is 1.79. The van der Waals surface area contributed by atoms with Gasteiger partial charge in [-0.3, -0.25) is 0 Å². The lowest BCUT2D eigenvalue weighted by Crippen LogP contribution is -2.26. The topological polar surface area (TPSA) is 38.9 Å². The summed E-state index contributed by atoms with van der Waals surface area (Å²) in [6.45, 7) is 5.19. The lowest BCUT2D eigenvalue weighted by atomic mass is 9.76. The molecule has 0 amide bonds. The summed E-state index contributed by atoms with van der Waals surface area (Å²) in [5.41, 5.74) is 7.10. The fraction of sp³-hybridized carbons (Fsp3) is 0.769. The van der Waals surface area contributed by atoms with E-state index in [0.29, 0.717) is 5.92 Å². The molecular formula is C13H22N2S. The zero-order valence-corrected chi connectivity index (χ0v) is 11.1. The maximum atomic E-state index is 5.96. The molecule has 3 unspecified atom stereocenters. The van der Waals surface area contributed by atoms with Crippen molar-refractivity contribution in [3.05, 3.63) is 16.1 Å². The fourth-order valence-corrected chi connectivity index (χ4v) is 3.89. The van der Waals surface area contributed by atoms with Crippen LogP contribution in [0.5, 0.6) is 0 Å². The average molecular weight is 238 g/mol. The maximum Gasteiger partial charge on any atom is 0.0974 e. The van der Waals surface area contributed by atoms with Gasteiger partial charge in [-0.2, -0.15) is 0 Å². The molecule has 0 aliphatic heterocycles. The molecule has 0 bridgehead atoms. The molecule has 0 aromatic carbocycles. The van der Waals surface area contributed by atoms with Gasteiger partial charge in [0.1, 0.15) is 0 Å². The Labute approximate surface area is 102 Å². The molecule has 3 heteroatoms. The van der Waals surface area contributed by atoms with Gasteiger partial charge in [0.2, 0.25) is 0 Å². The molecule has 2 nitrogen and oxygen atoms in total. The molecule has 1 aromatic rings. The van der Waals surface area contributed by atoms with E-state index in [1.807, 2.05) is 0 Å². The number of aromatic nitrogens is 1. The number of aryl methyl sites for hydroxylation is 1. The van der Waals surface area contributed by atoms with Crippen LogP contribution in [0.25, 0.3) is 0 Å². The number of rotatable bonds is 3. The van der Waals surface area contributed by atoms with E-state index in [1.165, 1.54) is 30.7 Å². The van der Waals surface area contributed by atoms with Gasteiger partial charge >= 0.3 is 0 Å². The highest BCUT2D eigenvalue weighted by Gasteiger charge is 2.28. The second-order valence-corrected chi connectivity index (χ2v) is 6.09. The Balaban J connectivity index is 2.09. The molecular weight excluding hydrogens is 216 g/mol. The fourth-order valence-electron chi connectivity index (χ4n) is 2.88. The first-order valence-corrected chi connectivity index (χ1v) is 7.20. The van der Waals surface area contributed by atoms with Gasteiger partial charge < -0.3 is 5.73 Å². The van der Waals surface area contributed by atoms with E-state index in [9.17, 15) is 0 Å². The summed E-state index contributed by atoms with van der Waals surface area (Å²) in [6, 6.07) is 0. The van der Waals surface area contributed by atoms with Gasteiger partial charge in [-0.1, -0.05) is 19.8 Å². The minimum absolute atomic E-state index is 0.501. The van der Waals surface area contributed by atoms with Crippen LogP contribution in [0.4, 0.5) is 0 Å². The van der Waals surface area contributed by atoms with Crippen molar-refractivity contribution >= 4 is 11.3 Å². The van der Waals surface area contributed by atoms with Gasteiger partial charge in [-0.15, -0.1) is 11.3 Å². The van der Waals surface area contributed by atoms with Crippen molar-refractivity contribution in [3.63, 3.8) is 0 Å². The number of nitrogens with two attached hydrogens (primary N) is 1. The summed E-state index contributed by atoms with van der Waals surface area (Å²) in [5.74, 6) is 2.13. The third-order valence-electron chi connectivity index (χ3n) is 3.75. The molecule has 16 heavy (non-hydrogen) atoms. The summed E-state index contributed by atoms with van der Waals surface area (Å²) in [4.78, 5) is 4.62. The van der Waals surface area contributed by atoms with Crippen molar-refractivity contribution < 1.29 is 0 Å². The van der Waals surface area contributed by atoms with Crippen molar-refractivity contribution in [1.82, 2.24) is 4.98 Å². The van der Waals surface area contributed by atoms with Crippen LogP contribution in [0.1, 0.15) is 49.2 Å². The first-order valence-electron chi connectivity index (χ1n) is 6.32. The molecule has 1 aromatic heterocycles. The number of thiazole rings is 1. The summed E-state index contributed by atoms with van der Waals surface area (Å²) in [6.07, 6.45) is 5.43. The van der Waals surface area contributed by atoms with Crippen LogP contribution in [0, 0.1) is 18.8 Å². The number of hydrogen-bond acceptors (Lipinski definition) is 3. The van der Waals surface area contributed by atoms with Crippen molar-refractivity contribution in [3.8, 4) is 0 Å². The summed E-state index contributed by atoms with van der Waals surface area (Å²) in [7, 11) is 0. The number of nitrogens with zero attached hydrogens (tertiary/aromatic N) is 1. The monoisotopic (exact) mass is 238 g/mol. The van der Waals surface area contributed by atoms with Crippen molar-refractivity contribution in [2.75, 3.05) is 6.54 Å². The predicted octanol–water partition coefficient (Wildman–Crippen LogP) is 3.32. The Kier molecular flexibility index (Phi) is 3.98. The zero-order valence-electron chi connectivity index (χ0n) is 10.3. The van der Waals surface area contributed by atoms with E-state index in [1.54, 1.807) is 11.3 Å². The van der Waals surface area contributed by atoms with Gasteiger partial charge in [0, 0.05) is 23.5 Å². The van der Waals surface area contributed by atoms with Gasteiger partial charge in [0.05, 0.1) is 5.01 Å². The van der Waals surface area contributed by atoms with Crippen LogP contribution in [0.15, 0.2) is 5.38 Å². The highest BCUT2D eigenvalue weighted by Crippen LogP contribution is 2.38. The lowest BCUT2D eigenvalue weighted by Gasteiger charge is -2.31. The van der Waals surface area contributed by atoms with Crippen LogP contribution >= 0.6 is 11.3 Å². The second-order valence-electron chi connectivity index (χ2n) is 5.20. The highest BCUT2D eigenvalue weighted by molar-refractivity contribution is 7.09. The van der Waals surface area contributed by atoms with Crippen LogP contribution in [-0.4, -0.2) is 11.5 Å². The second kappa shape index (κ2) is 5.28. The molecule has 2 rings (SSSR count). The number of hydrogen-bond donors (Lipinski definition) is 1. The minimum Gasteiger partial charge on any atom is -0.330 e. The van der Waals surface area contributed by atoms with E-state index in [0.717, 1.165) is 24.1 Å². The molecule has 1 heterocycles. The third kappa shape index (κ3) is 2.64. The average Bonchev–Trinajstić information content (AvgIpc) is 2.66. The first kappa shape index (κ1) is 12.1. The Bertz CT molecular complexity index is 334. The summed E-state index contributed by atoms with van der Waals surface area (Å²) < 4.78 is 0. The molecule has 2 N–H and O–H groups in total. The molecule has 0 radical (unpaired) electrons. The molecule has 1 aliphatic carbocycles. The Morgan fingerprint density at radius 2 is 2.38 bits per heavy atom. The van der Waals surface area contributed by atoms with Gasteiger partial charge in [-0.25, -0.2) is 4.98 Å². The lowest BCUT2D eigenvalue weighted by molar-refractivity contribution is 0.247. The van der Waals surface area contributed by atoms with Crippen LogP contribution < -0.4 is 5.73 Å². The Morgan fingerprint density at radius 1 is 1.56 bits per heavy atom. The molecule has 0 spiro atoms. The van der Waals surface area contributed by atoms with E-state index < -0.39 is 0 Å². The normalized spacial score (nSPS) is 27.9. The van der Waals surface area contributed by atoms with Gasteiger partial charge in [0.15, 0.2) is 0 Å². The van der Waals surface area contributed by atoms with E-state index >= 15 is 0 Å². The quantitative estimate of drug-likeness (QED) is 0.877. The Morgan fingerprint density at radius 3 is 2.94 bits per heavy atom. The Hall–Kier alpha value is -0.410. The van der Waals surface area contributed by atoms with E-state index in [2.05, 4.69) is 24.2 Å². The third-order valence-corrected chi connectivity index (χ3v) is 4.85. The highest BCUT2D eigenvalue weighted by atomic mass is 32.1. The smallest absolute Gasteiger partial charge is 0.0974 e. The largest absolute Gasteiger partial charge is 0.330 e. The van der Waals surface area contributed by atoms with E-state index in [-0.39, 0.29) is 0 Å². The molecule has 1 fully saturated rings. The van der Waals surface area contributed by atoms with Crippen molar-refractivity contribution in [2.24, 2.45) is 17.6 Å². The SMILES string of the molecule is Cc1csc(C(CN)C2CCCC(C)C2)n1. The summed E-state index contributed by atoms with van der Waals surface area (Å²) in [5, 5.41) is 3.41. The predicted molar refractivity (Wildman–Crippen MR) is 69.8 cm³/mol. The van der Waals surface area contributed by atoms with Crippen LogP contribution in [0.3, 0.4) is 0 Å². The van der Waals surface area contributed by atoms with Crippen molar-refractivity contribution in [1.29, 1.82) is 0 Å². The maximum absolute atomic E-state index is 5.96. The molecule has 0 saturated heterocycles. The van der Waals surface area contributed by atoms with Crippen LogP contribution in [-0.2, 0) is 0 Å². The van der Waals surface area contributed by atoms with Crippen LogP contribution in [0.2, 0.25) is 0 Å². The van der Waals surface area contributed by atoms with E-state index in [4.69, 9.17) is 5.73 Å². The first-order chi connectivity index (χ1) is 7.70. The molecule has 3 atom stereocenters. The van der Waals surface area contributed by atoms with Gasteiger partial charge in [-0.05, 0) is 31.6 Å². The van der Waals surface area contributed by atoms with Gasteiger partial charge in [0.25, 0.3) is 0 Å². The zero-order chi connectivity index (χ0) is 11.5. The molecule has 1 aliphatic rings. The minimum atomic E-state index is 0.501. The molecule has 90 valence electrons. The van der Waals surface area contributed by atoms with Crippen molar-refractivity contribution in [2.45, 2.75) is 45.4 Å².